The van der Waals surface area contributed by atoms with Gasteiger partial charge in [-0.2, -0.15) is 4.31 Å². The topological polar surface area (TPSA) is 71.4 Å². The summed E-state index contributed by atoms with van der Waals surface area (Å²) >= 11 is 0. The average molecular weight is 378 g/mol. The molecule has 7 heteroatoms. The van der Waals surface area contributed by atoms with Crippen molar-refractivity contribution >= 4 is 26.8 Å². The summed E-state index contributed by atoms with van der Waals surface area (Å²) in [4.78, 5) is 12.8. The van der Waals surface area contributed by atoms with Crippen molar-refractivity contribution in [3.63, 3.8) is 0 Å². The zero-order valence-corrected chi connectivity index (χ0v) is 16.5. The number of hydrogen-bond donors (Lipinski definition) is 1. The summed E-state index contributed by atoms with van der Waals surface area (Å²) in [5.41, 5.74) is 1.38. The van der Waals surface area contributed by atoms with E-state index in [0.29, 0.717) is 23.7 Å². The van der Waals surface area contributed by atoms with Gasteiger partial charge in [0.2, 0.25) is 10.0 Å². The molecule has 0 saturated carbocycles. The number of carbonyl (C=O) groups is 1. The van der Waals surface area contributed by atoms with E-state index in [2.05, 4.69) is 5.32 Å². The zero-order chi connectivity index (χ0) is 18.9. The van der Waals surface area contributed by atoms with Crippen molar-refractivity contribution in [2.45, 2.75) is 50.5 Å². The minimum absolute atomic E-state index is 0.0931. The Bertz CT molecular complexity index is 911. The van der Waals surface area contributed by atoms with Crippen molar-refractivity contribution < 1.29 is 13.2 Å². The molecule has 3 rings (SSSR count). The van der Waals surface area contributed by atoms with Crippen molar-refractivity contribution in [3.8, 4) is 0 Å². The molecule has 1 aromatic carbocycles. The van der Waals surface area contributed by atoms with Crippen LogP contribution in [0.1, 0.15) is 50.0 Å². The van der Waals surface area contributed by atoms with Crippen molar-refractivity contribution in [1.82, 2.24) is 14.2 Å². The summed E-state index contributed by atoms with van der Waals surface area (Å²) in [6.45, 7) is 5.14. The van der Waals surface area contributed by atoms with Gasteiger partial charge >= 0.3 is 0 Å². The number of carbonyl (C=O) groups excluding carboxylic acids is 1. The second-order valence-electron chi connectivity index (χ2n) is 7.06. The Labute approximate surface area is 155 Å². The van der Waals surface area contributed by atoms with Crippen LogP contribution in [0.4, 0.5) is 0 Å². The number of aryl methyl sites for hydroxylation is 1. The molecule has 1 aromatic heterocycles. The van der Waals surface area contributed by atoms with Gasteiger partial charge in [0, 0.05) is 37.1 Å². The van der Waals surface area contributed by atoms with Gasteiger partial charge in [0.15, 0.2) is 0 Å². The third-order valence-electron chi connectivity index (χ3n) is 5.19. The van der Waals surface area contributed by atoms with Crippen molar-refractivity contribution in [2.75, 3.05) is 13.1 Å². The van der Waals surface area contributed by atoms with E-state index < -0.39 is 10.0 Å². The number of nitrogens with zero attached hydrogens (tertiary/aromatic N) is 2. The molecule has 1 aliphatic heterocycles. The van der Waals surface area contributed by atoms with Crippen LogP contribution in [0.3, 0.4) is 0 Å². The highest BCUT2D eigenvalue weighted by Gasteiger charge is 2.26. The number of nitrogens with one attached hydrogen (secondary N) is 1. The predicted octanol–water partition coefficient (Wildman–Crippen LogP) is 2.88. The maximum Gasteiger partial charge on any atom is 0.268 e. The first kappa shape index (κ1) is 18.9. The van der Waals surface area contributed by atoms with Crippen LogP contribution in [0.2, 0.25) is 0 Å². The zero-order valence-electron chi connectivity index (χ0n) is 15.7. The highest BCUT2D eigenvalue weighted by molar-refractivity contribution is 7.89. The third kappa shape index (κ3) is 3.50. The second kappa shape index (κ2) is 7.40. The Morgan fingerprint density at radius 1 is 1.19 bits per heavy atom. The first-order chi connectivity index (χ1) is 12.3. The largest absolute Gasteiger partial charge is 0.348 e. The number of hydrogen-bond acceptors (Lipinski definition) is 3. The molecule has 26 heavy (non-hydrogen) atoms. The molecule has 142 valence electrons. The van der Waals surface area contributed by atoms with E-state index in [1.54, 1.807) is 28.6 Å². The van der Waals surface area contributed by atoms with E-state index in [9.17, 15) is 13.2 Å². The molecule has 0 bridgehead atoms. The molecule has 2 aromatic rings. The van der Waals surface area contributed by atoms with Gasteiger partial charge in [-0.05, 0) is 50.5 Å². The summed E-state index contributed by atoms with van der Waals surface area (Å²) in [7, 11) is -1.65. The summed E-state index contributed by atoms with van der Waals surface area (Å²) < 4.78 is 29.1. The quantitative estimate of drug-likeness (QED) is 0.871. The molecule has 1 unspecified atom stereocenters. The molecular weight excluding hydrogens is 350 g/mol. The monoisotopic (exact) mass is 377 g/mol. The highest BCUT2D eigenvalue weighted by Crippen LogP contribution is 2.26. The summed E-state index contributed by atoms with van der Waals surface area (Å²) in [6, 6.07) is 6.96. The fourth-order valence-corrected chi connectivity index (χ4v) is 4.91. The SMILES string of the molecule is CCC(C)NC(=O)c1cc2cc(S(=O)(=O)N3CCCCC3)ccc2n1C. The average Bonchev–Trinajstić information content (AvgIpc) is 2.98. The molecule has 1 amide bonds. The summed E-state index contributed by atoms with van der Waals surface area (Å²) in [6.07, 6.45) is 3.76. The molecule has 0 radical (unpaired) electrons. The van der Waals surface area contributed by atoms with Crippen LogP contribution < -0.4 is 5.32 Å². The Morgan fingerprint density at radius 2 is 1.88 bits per heavy atom. The van der Waals surface area contributed by atoms with Gasteiger partial charge in [-0.25, -0.2) is 8.42 Å². The number of amides is 1. The number of aromatic nitrogens is 1. The maximum absolute atomic E-state index is 12.9. The number of piperidine rings is 1. The van der Waals surface area contributed by atoms with Gasteiger partial charge in [0.05, 0.1) is 4.90 Å². The molecule has 0 aliphatic carbocycles. The molecule has 1 atom stereocenters. The Kier molecular flexibility index (Phi) is 5.39. The van der Waals surface area contributed by atoms with Crippen molar-refractivity contribution in [2.24, 2.45) is 7.05 Å². The number of benzene rings is 1. The Hall–Kier alpha value is -1.86. The lowest BCUT2D eigenvalue weighted by Gasteiger charge is -2.25. The van der Waals surface area contributed by atoms with Crippen LogP contribution >= 0.6 is 0 Å². The lowest BCUT2D eigenvalue weighted by atomic mass is 10.2. The minimum Gasteiger partial charge on any atom is -0.348 e. The van der Waals surface area contributed by atoms with E-state index >= 15 is 0 Å². The lowest BCUT2D eigenvalue weighted by Crippen LogP contribution is -2.35. The number of sulfonamides is 1. The van der Waals surface area contributed by atoms with Crippen molar-refractivity contribution in [1.29, 1.82) is 0 Å². The van der Waals surface area contributed by atoms with Gasteiger partial charge in [-0.1, -0.05) is 13.3 Å². The van der Waals surface area contributed by atoms with Gasteiger partial charge in [0.25, 0.3) is 5.91 Å². The van der Waals surface area contributed by atoms with E-state index in [1.807, 2.05) is 25.5 Å². The number of fused-ring (bicyclic) bond motifs is 1. The lowest BCUT2D eigenvalue weighted by molar-refractivity contribution is 0.0931. The van der Waals surface area contributed by atoms with E-state index in [-0.39, 0.29) is 11.9 Å². The Morgan fingerprint density at radius 3 is 2.54 bits per heavy atom. The fourth-order valence-electron chi connectivity index (χ4n) is 3.36. The van der Waals surface area contributed by atoms with Gasteiger partial charge in [-0.15, -0.1) is 0 Å². The first-order valence-electron chi connectivity index (χ1n) is 9.25. The van der Waals surface area contributed by atoms with Crippen LogP contribution in [-0.4, -0.2) is 42.3 Å². The van der Waals surface area contributed by atoms with Gasteiger partial charge in [0.1, 0.15) is 5.69 Å². The first-order valence-corrected chi connectivity index (χ1v) is 10.7. The predicted molar refractivity (Wildman–Crippen MR) is 103 cm³/mol. The molecular formula is C19H27N3O3S. The molecule has 1 fully saturated rings. The standard InChI is InChI=1S/C19H27N3O3S/c1-4-14(2)20-19(23)18-13-15-12-16(8-9-17(15)21(18)3)26(24,25)22-10-6-5-7-11-22/h8-9,12-14H,4-7,10-11H2,1-3H3,(H,20,23). The van der Waals surface area contributed by atoms with Crippen molar-refractivity contribution in [3.05, 3.63) is 30.0 Å². The van der Waals surface area contributed by atoms with E-state index in [1.165, 1.54) is 0 Å². The summed E-state index contributed by atoms with van der Waals surface area (Å²) in [5, 5.41) is 3.72. The number of rotatable bonds is 5. The Balaban J connectivity index is 1.95. The molecule has 2 heterocycles. The molecule has 0 spiro atoms. The van der Waals surface area contributed by atoms with E-state index in [0.717, 1.165) is 36.6 Å². The second-order valence-corrected chi connectivity index (χ2v) is 8.99. The smallest absolute Gasteiger partial charge is 0.268 e. The minimum atomic E-state index is -3.48. The maximum atomic E-state index is 12.9. The van der Waals surface area contributed by atoms with Crippen LogP contribution in [0.5, 0.6) is 0 Å². The molecule has 1 aliphatic rings. The van der Waals surface area contributed by atoms with Crippen LogP contribution in [0.25, 0.3) is 10.9 Å². The molecule has 6 nitrogen and oxygen atoms in total. The van der Waals surface area contributed by atoms with Crippen LogP contribution in [-0.2, 0) is 17.1 Å². The molecule has 1 saturated heterocycles. The fraction of sp³-hybridized carbons (Fsp3) is 0.526. The van der Waals surface area contributed by atoms with Crippen LogP contribution in [0, 0.1) is 0 Å². The normalized spacial score (nSPS) is 17.3. The van der Waals surface area contributed by atoms with E-state index in [4.69, 9.17) is 0 Å². The summed E-state index contributed by atoms with van der Waals surface area (Å²) in [5.74, 6) is -0.140. The van der Waals surface area contributed by atoms with Gasteiger partial charge in [-0.3, -0.25) is 4.79 Å². The molecule has 1 N–H and O–H groups in total. The highest BCUT2D eigenvalue weighted by atomic mass is 32.2. The van der Waals surface area contributed by atoms with Crippen LogP contribution in [0.15, 0.2) is 29.2 Å². The third-order valence-corrected chi connectivity index (χ3v) is 7.08. The van der Waals surface area contributed by atoms with Gasteiger partial charge < -0.3 is 9.88 Å².